The largest absolute Gasteiger partial charge is 0.458 e. The summed E-state index contributed by atoms with van der Waals surface area (Å²) in [6.45, 7) is 0.965. The maximum absolute atomic E-state index is 12.0. The molecule has 1 amide bonds. The first kappa shape index (κ1) is 16.0. The first-order valence-electron chi connectivity index (χ1n) is 8.03. The van der Waals surface area contributed by atoms with Crippen LogP contribution in [0.2, 0.25) is 0 Å². The normalized spacial score (nSPS) is 14.3. The van der Waals surface area contributed by atoms with Crippen LogP contribution in [0.25, 0.3) is 6.08 Å². The highest BCUT2D eigenvalue weighted by atomic mass is 16.5. The molecule has 24 heavy (non-hydrogen) atoms. The van der Waals surface area contributed by atoms with Gasteiger partial charge in [-0.05, 0) is 42.3 Å². The second-order valence-electron chi connectivity index (χ2n) is 5.61. The Labute approximate surface area is 141 Å². The van der Waals surface area contributed by atoms with Crippen molar-refractivity contribution in [1.29, 1.82) is 0 Å². The van der Waals surface area contributed by atoms with Crippen LogP contribution in [-0.4, -0.2) is 25.0 Å². The van der Waals surface area contributed by atoms with E-state index in [1.165, 1.54) is 0 Å². The standard InChI is InChI=1S/C20H19NO3/c22-19-9-4-14-21(19)18-12-10-17(11-13-18)20(23)24-15-5-8-16-6-2-1-3-7-16/h1-3,5-8,10-13H,4,9,14-15H2. The summed E-state index contributed by atoms with van der Waals surface area (Å²) in [5.74, 6) is -0.233. The van der Waals surface area contributed by atoms with Crippen molar-refractivity contribution in [2.24, 2.45) is 0 Å². The summed E-state index contributed by atoms with van der Waals surface area (Å²) < 4.78 is 5.23. The van der Waals surface area contributed by atoms with Gasteiger partial charge >= 0.3 is 5.97 Å². The number of amides is 1. The number of benzene rings is 2. The molecule has 0 aromatic heterocycles. The van der Waals surface area contributed by atoms with Crippen molar-refractivity contribution >= 4 is 23.6 Å². The topological polar surface area (TPSA) is 46.6 Å². The summed E-state index contributed by atoms with van der Waals surface area (Å²) in [4.78, 5) is 25.5. The Morgan fingerprint density at radius 1 is 1.08 bits per heavy atom. The Hall–Kier alpha value is -2.88. The molecule has 0 radical (unpaired) electrons. The van der Waals surface area contributed by atoms with Crippen LogP contribution >= 0.6 is 0 Å². The van der Waals surface area contributed by atoms with E-state index in [4.69, 9.17) is 4.74 Å². The first-order chi connectivity index (χ1) is 11.7. The zero-order valence-corrected chi connectivity index (χ0v) is 13.4. The molecule has 122 valence electrons. The highest BCUT2D eigenvalue weighted by Gasteiger charge is 2.21. The van der Waals surface area contributed by atoms with Gasteiger partial charge < -0.3 is 9.64 Å². The number of hydrogen-bond acceptors (Lipinski definition) is 3. The lowest BCUT2D eigenvalue weighted by molar-refractivity contribution is -0.117. The van der Waals surface area contributed by atoms with Crippen molar-refractivity contribution in [3.8, 4) is 0 Å². The van der Waals surface area contributed by atoms with Crippen LogP contribution in [-0.2, 0) is 9.53 Å². The fraction of sp³-hybridized carbons (Fsp3) is 0.200. The minimum atomic E-state index is -0.369. The van der Waals surface area contributed by atoms with Crippen molar-refractivity contribution in [3.63, 3.8) is 0 Å². The van der Waals surface area contributed by atoms with Gasteiger partial charge in [-0.1, -0.05) is 36.4 Å². The number of rotatable bonds is 5. The van der Waals surface area contributed by atoms with Gasteiger partial charge in [0, 0.05) is 18.7 Å². The van der Waals surface area contributed by atoms with Crippen LogP contribution in [0.1, 0.15) is 28.8 Å². The summed E-state index contributed by atoms with van der Waals surface area (Å²) in [6, 6.07) is 16.8. The number of esters is 1. The fourth-order valence-corrected chi connectivity index (χ4v) is 2.65. The molecule has 0 bridgehead atoms. The molecule has 4 heteroatoms. The van der Waals surface area contributed by atoms with E-state index < -0.39 is 0 Å². The van der Waals surface area contributed by atoms with Gasteiger partial charge in [0.15, 0.2) is 0 Å². The number of nitrogens with zero attached hydrogens (tertiary/aromatic N) is 1. The maximum atomic E-state index is 12.0. The molecule has 1 heterocycles. The van der Waals surface area contributed by atoms with Crippen LogP contribution in [0.3, 0.4) is 0 Å². The Bertz CT molecular complexity index is 735. The molecule has 1 aliphatic heterocycles. The Morgan fingerprint density at radius 2 is 1.83 bits per heavy atom. The van der Waals surface area contributed by atoms with Gasteiger partial charge in [0.2, 0.25) is 5.91 Å². The lowest BCUT2D eigenvalue weighted by Crippen LogP contribution is -2.23. The summed E-state index contributed by atoms with van der Waals surface area (Å²) in [6.07, 6.45) is 5.20. The van der Waals surface area contributed by atoms with E-state index in [1.54, 1.807) is 29.2 Å². The van der Waals surface area contributed by atoms with E-state index in [9.17, 15) is 9.59 Å². The third kappa shape index (κ3) is 3.90. The molecule has 0 saturated carbocycles. The van der Waals surface area contributed by atoms with Crippen LogP contribution in [0.15, 0.2) is 60.7 Å². The van der Waals surface area contributed by atoms with Gasteiger partial charge in [-0.15, -0.1) is 0 Å². The Morgan fingerprint density at radius 3 is 2.50 bits per heavy atom. The van der Waals surface area contributed by atoms with Crippen LogP contribution in [0.4, 0.5) is 5.69 Å². The smallest absolute Gasteiger partial charge is 0.338 e. The average molecular weight is 321 g/mol. The number of hydrogen-bond donors (Lipinski definition) is 0. The quantitative estimate of drug-likeness (QED) is 0.789. The van der Waals surface area contributed by atoms with E-state index >= 15 is 0 Å². The molecule has 0 atom stereocenters. The maximum Gasteiger partial charge on any atom is 0.338 e. The van der Waals surface area contributed by atoms with Crippen molar-refractivity contribution in [3.05, 3.63) is 71.8 Å². The lowest BCUT2D eigenvalue weighted by atomic mass is 10.2. The van der Waals surface area contributed by atoms with E-state index in [-0.39, 0.29) is 18.5 Å². The number of anilines is 1. The molecule has 2 aromatic rings. The fourth-order valence-electron chi connectivity index (χ4n) is 2.65. The Balaban J connectivity index is 1.53. The van der Waals surface area contributed by atoms with Gasteiger partial charge in [-0.2, -0.15) is 0 Å². The van der Waals surface area contributed by atoms with E-state index in [2.05, 4.69) is 0 Å². The second kappa shape index (κ2) is 7.59. The van der Waals surface area contributed by atoms with E-state index in [1.807, 2.05) is 42.5 Å². The molecule has 0 unspecified atom stereocenters. The molecule has 1 aliphatic rings. The summed E-state index contributed by atoms with van der Waals surface area (Å²) in [5.41, 5.74) is 2.38. The highest BCUT2D eigenvalue weighted by molar-refractivity contribution is 5.96. The Kier molecular flexibility index (Phi) is 5.06. The van der Waals surface area contributed by atoms with Gasteiger partial charge in [-0.25, -0.2) is 4.79 Å². The van der Waals surface area contributed by atoms with Gasteiger partial charge in [0.25, 0.3) is 0 Å². The van der Waals surface area contributed by atoms with Gasteiger partial charge in [0.1, 0.15) is 6.61 Å². The van der Waals surface area contributed by atoms with Gasteiger partial charge in [0.05, 0.1) is 5.56 Å². The first-order valence-corrected chi connectivity index (χ1v) is 8.03. The van der Waals surface area contributed by atoms with E-state index in [0.29, 0.717) is 12.0 Å². The SMILES string of the molecule is O=C(OCC=Cc1ccccc1)c1ccc(N2CCCC2=O)cc1. The molecule has 4 nitrogen and oxygen atoms in total. The van der Waals surface area contributed by atoms with Crippen molar-refractivity contribution in [1.82, 2.24) is 0 Å². The van der Waals surface area contributed by atoms with E-state index in [0.717, 1.165) is 24.2 Å². The number of ether oxygens (including phenoxy) is 1. The lowest BCUT2D eigenvalue weighted by Gasteiger charge is -2.15. The predicted molar refractivity (Wildman–Crippen MR) is 93.8 cm³/mol. The van der Waals surface area contributed by atoms with Crippen LogP contribution in [0.5, 0.6) is 0 Å². The third-order valence-corrected chi connectivity index (χ3v) is 3.91. The molecular weight excluding hydrogens is 302 g/mol. The summed E-state index contributed by atoms with van der Waals surface area (Å²) in [7, 11) is 0. The van der Waals surface area contributed by atoms with Crippen LogP contribution < -0.4 is 4.90 Å². The summed E-state index contributed by atoms with van der Waals surface area (Å²) in [5, 5.41) is 0. The van der Waals surface area contributed by atoms with Crippen LogP contribution in [0, 0.1) is 0 Å². The molecule has 0 spiro atoms. The minimum absolute atomic E-state index is 0.136. The zero-order chi connectivity index (χ0) is 16.8. The van der Waals surface area contributed by atoms with Gasteiger partial charge in [-0.3, -0.25) is 4.79 Å². The monoisotopic (exact) mass is 321 g/mol. The molecule has 2 aromatic carbocycles. The molecular formula is C20H19NO3. The number of carbonyl (C=O) groups is 2. The summed E-state index contributed by atoms with van der Waals surface area (Å²) >= 11 is 0. The third-order valence-electron chi connectivity index (χ3n) is 3.91. The zero-order valence-electron chi connectivity index (χ0n) is 13.4. The predicted octanol–water partition coefficient (Wildman–Crippen LogP) is 3.68. The minimum Gasteiger partial charge on any atom is -0.458 e. The average Bonchev–Trinajstić information content (AvgIpc) is 3.05. The second-order valence-corrected chi connectivity index (χ2v) is 5.61. The molecule has 0 N–H and O–H groups in total. The molecule has 1 saturated heterocycles. The van der Waals surface area contributed by atoms with Crippen molar-refractivity contribution in [2.75, 3.05) is 18.1 Å². The highest BCUT2D eigenvalue weighted by Crippen LogP contribution is 2.21. The molecule has 3 rings (SSSR count). The van der Waals surface area contributed by atoms with Crippen molar-refractivity contribution in [2.45, 2.75) is 12.8 Å². The molecule has 1 fully saturated rings. The number of carbonyl (C=O) groups excluding carboxylic acids is 2. The molecule has 0 aliphatic carbocycles. The van der Waals surface area contributed by atoms with Crippen molar-refractivity contribution < 1.29 is 14.3 Å².